The van der Waals surface area contributed by atoms with Crippen molar-refractivity contribution in [2.24, 2.45) is 5.92 Å². The van der Waals surface area contributed by atoms with Crippen molar-refractivity contribution < 1.29 is 19.1 Å². The summed E-state index contributed by atoms with van der Waals surface area (Å²) in [7, 11) is 1.78. The van der Waals surface area contributed by atoms with E-state index in [9.17, 15) is 9.59 Å². The summed E-state index contributed by atoms with van der Waals surface area (Å²) in [6, 6.07) is 15.3. The summed E-state index contributed by atoms with van der Waals surface area (Å²) in [5, 5.41) is 0.664. The molecule has 0 N–H and O–H groups in total. The van der Waals surface area contributed by atoms with Crippen LogP contribution in [0, 0.1) is 12.8 Å². The Balaban J connectivity index is 1.77. The maximum atomic E-state index is 13.2. The molecule has 0 aromatic heterocycles. The third kappa shape index (κ3) is 6.71. The van der Waals surface area contributed by atoms with Gasteiger partial charge in [0.15, 0.2) is 0 Å². The maximum absolute atomic E-state index is 13.2. The zero-order valence-corrected chi connectivity index (χ0v) is 20.6. The molecule has 0 bridgehead atoms. The lowest BCUT2D eigenvalue weighted by molar-refractivity contribution is -0.167. The lowest BCUT2D eigenvalue weighted by atomic mass is 9.96. The number of carbonyl (C=O) groups excluding carboxylic acids is 2. The number of ether oxygens (including phenoxy) is 2. The van der Waals surface area contributed by atoms with Gasteiger partial charge in [-0.3, -0.25) is 9.59 Å². The number of benzene rings is 2. The lowest BCUT2D eigenvalue weighted by Gasteiger charge is -2.43. The third-order valence-electron chi connectivity index (χ3n) is 5.85. The van der Waals surface area contributed by atoms with Crippen molar-refractivity contribution in [3.05, 3.63) is 64.7 Å². The number of nitrogens with zero attached hydrogens (tertiary/aromatic N) is 2. The van der Waals surface area contributed by atoms with E-state index in [1.54, 1.807) is 29.0 Å². The summed E-state index contributed by atoms with van der Waals surface area (Å²) < 4.78 is 12.3. The molecular formula is C26H33ClN2O4. The summed E-state index contributed by atoms with van der Waals surface area (Å²) >= 11 is 6.14. The van der Waals surface area contributed by atoms with Crippen LogP contribution in [0.2, 0.25) is 5.02 Å². The Morgan fingerprint density at radius 1 is 1.21 bits per heavy atom. The van der Waals surface area contributed by atoms with Crippen LogP contribution in [0.5, 0.6) is 5.75 Å². The van der Waals surface area contributed by atoms with Gasteiger partial charge in [-0.25, -0.2) is 0 Å². The maximum Gasteiger partial charge on any atom is 0.225 e. The number of hydrogen-bond donors (Lipinski definition) is 0. The molecule has 1 unspecified atom stereocenters. The van der Waals surface area contributed by atoms with Crippen molar-refractivity contribution in [3.63, 3.8) is 0 Å². The van der Waals surface area contributed by atoms with E-state index in [4.69, 9.17) is 21.1 Å². The van der Waals surface area contributed by atoms with Crippen LogP contribution in [-0.4, -0.2) is 60.6 Å². The van der Waals surface area contributed by atoms with Crippen molar-refractivity contribution >= 4 is 23.4 Å². The molecule has 1 heterocycles. The molecule has 1 aliphatic heterocycles. The molecular weight excluding hydrogens is 440 g/mol. The van der Waals surface area contributed by atoms with Gasteiger partial charge in [-0.05, 0) is 36.2 Å². The van der Waals surface area contributed by atoms with Gasteiger partial charge >= 0.3 is 0 Å². The molecule has 1 aliphatic rings. The first-order valence-corrected chi connectivity index (χ1v) is 11.7. The SMILES string of the molecule is Cc1cc(OCC2(CC(=O)N(C)Cc3ccccc3)CN(C(=O)C(C)C)CCO2)ccc1Cl. The van der Waals surface area contributed by atoms with Crippen LogP contribution in [0.15, 0.2) is 48.5 Å². The molecule has 1 fully saturated rings. The van der Waals surface area contributed by atoms with Crippen LogP contribution in [0.1, 0.15) is 31.4 Å². The number of aryl methyl sites for hydroxylation is 1. The van der Waals surface area contributed by atoms with E-state index in [0.29, 0.717) is 37.0 Å². The van der Waals surface area contributed by atoms with E-state index >= 15 is 0 Å². The van der Waals surface area contributed by atoms with E-state index in [0.717, 1.165) is 11.1 Å². The highest BCUT2D eigenvalue weighted by molar-refractivity contribution is 6.31. The fourth-order valence-electron chi connectivity index (χ4n) is 3.92. The Hall–Kier alpha value is -2.57. The quantitative estimate of drug-likeness (QED) is 0.573. The van der Waals surface area contributed by atoms with E-state index in [2.05, 4.69) is 0 Å². The Labute approximate surface area is 201 Å². The van der Waals surface area contributed by atoms with Gasteiger partial charge in [0.2, 0.25) is 11.8 Å². The molecule has 6 nitrogen and oxygen atoms in total. The average molecular weight is 473 g/mol. The average Bonchev–Trinajstić information content (AvgIpc) is 2.80. The molecule has 3 rings (SSSR count). The zero-order valence-electron chi connectivity index (χ0n) is 19.8. The van der Waals surface area contributed by atoms with Crippen molar-refractivity contribution in [3.8, 4) is 5.75 Å². The Kier molecular flexibility index (Phi) is 8.38. The summed E-state index contributed by atoms with van der Waals surface area (Å²) in [6.07, 6.45) is 0.116. The summed E-state index contributed by atoms with van der Waals surface area (Å²) in [5.74, 6) is 0.512. The van der Waals surface area contributed by atoms with Crippen LogP contribution in [0.4, 0.5) is 0 Å². The van der Waals surface area contributed by atoms with Gasteiger partial charge in [0, 0.05) is 31.1 Å². The minimum absolute atomic E-state index is 0.0510. The van der Waals surface area contributed by atoms with Gasteiger partial charge in [-0.15, -0.1) is 0 Å². The molecule has 0 saturated carbocycles. The molecule has 1 saturated heterocycles. The van der Waals surface area contributed by atoms with Crippen LogP contribution in [0.25, 0.3) is 0 Å². The molecule has 0 spiro atoms. The first-order valence-electron chi connectivity index (χ1n) is 11.3. The molecule has 2 aromatic rings. The highest BCUT2D eigenvalue weighted by atomic mass is 35.5. The Morgan fingerprint density at radius 2 is 1.94 bits per heavy atom. The molecule has 2 aromatic carbocycles. The third-order valence-corrected chi connectivity index (χ3v) is 6.27. The molecule has 1 atom stereocenters. The standard InChI is InChI=1S/C26H33ClN2O4/c1-19(2)25(31)29-12-13-33-26(17-29,18-32-22-10-11-23(27)20(3)14-22)15-24(30)28(4)16-21-8-6-5-7-9-21/h5-11,14,19H,12-13,15-18H2,1-4H3. The second kappa shape index (κ2) is 11.0. The summed E-state index contributed by atoms with van der Waals surface area (Å²) in [4.78, 5) is 29.4. The molecule has 7 heteroatoms. The van der Waals surface area contributed by atoms with Gasteiger partial charge in [0.1, 0.15) is 18.0 Å². The number of hydrogen-bond acceptors (Lipinski definition) is 4. The molecule has 33 heavy (non-hydrogen) atoms. The van der Waals surface area contributed by atoms with Crippen molar-refractivity contribution in [2.45, 2.75) is 39.3 Å². The number of amides is 2. The second-order valence-electron chi connectivity index (χ2n) is 9.06. The van der Waals surface area contributed by atoms with Crippen LogP contribution >= 0.6 is 11.6 Å². The predicted octanol–water partition coefficient (Wildman–Crippen LogP) is 4.33. The van der Waals surface area contributed by atoms with Crippen LogP contribution < -0.4 is 4.74 Å². The van der Waals surface area contributed by atoms with Gasteiger partial charge in [-0.2, -0.15) is 0 Å². The van der Waals surface area contributed by atoms with Crippen LogP contribution in [0.3, 0.4) is 0 Å². The van der Waals surface area contributed by atoms with E-state index in [1.165, 1.54) is 0 Å². The highest BCUT2D eigenvalue weighted by Gasteiger charge is 2.42. The number of rotatable bonds is 8. The van der Waals surface area contributed by atoms with Gasteiger partial charge in [-0.1, -0.05) is 55.8 Å². The monoisotopic (exact) mass is 472 g/mol. The minimum Gasteiger partial charge on any atom is -0.490 e. The van der Waals surface area contributed by atoms with E-state index in [-0.39, 0.29) is 30.8 Å². The predicted molar refractivity (Wildman–Crippen MR) is 129 cm³/mol. The lowest BCUT2D eigenvalue weighted by Crippen LogP contribution is -2.58. The highest BCUT2D eigenvalue weighted by Crippen LogP contribution is 2.28. The van der Waals surface area contributed by atoms with Gasteiger partial charge < -0.3 is 19.3 Å². The van der Waals surface area contributed by atoms with Crippen molar-refractivity contribution in [2.75, 3.05) is 33.4 Å². The Morgan fingerprint density at radius 3 is 2.61 bits per heavy atom. The second-order valence-corrected chi connectivity index (χ2v) is 9.47. The van der Waals surface area contributed by atoms with Gasteiger partial charge in [0.25, 0.3) is 0 Å². The van der Waals surface area contributed by atoms with Crippen molar-refractivity contribution in [1.29, 1.82) is 0 Å². The summed E-state index contributed by atoms with van der Waals surface area (Å²) in [5.41, 5.74) is 1.03. The van der Waals surface area contributed by atoms with E-state index < -0.39 is 5.60 Å². The van der Waals surface area contributed by atoms with Gasteiger partial charge in [0.05, 0.1) is 19.6 Å². The largest absolute Gasteiger partial charge is 0.490 e. The molecule has 178 valence electrons. The topological polar surface area (TPSA) is 59.1 Å². The fourth-order valence-corrected chi connectivity index (χ4v) is 4.04. The Bertz CT molecular complexity index is 966. The minimum atomic E-state index is -0.932. The van der Waals surface area contributed by atoms with Crippen LogP contribution in [-0.2, 0) is 20.9 Å². The molecule has 0 radical (unpaired) electrons. The molecule has 0 aliphatic carbocycles. The normalized spacial score (nSPS) is 18.3. The first-order chi connectivity index (χ1) is 15.7. The zero-order chi connectivity index (χ0) is 24.0. The number of carbonyl (C=O) groups is 2. The smallest absolute Gasteiger partial charge is 0.225 e. The van der Waals surface area contributed by atoms with Crippen molar-refractivity contribution in [1.82, 2.24) is 9.80 Å². The number of halogens is 1. The summed E-state index contributed by atoms with van der Waals surface area (Å²) in [6.45, 7) is 7.50. The first kappa shape index (κ1) is 25.1. The fraction of sp³-hybridized carbons (Fsp3) is 0.462. The molecule has 2 amide bonds. The van der Waals surface area contributed by atoms with E-state index in [1.807, 2.05) is 57.2 Å². The number of morpholine rings is 1.